The number of benzene rings is 1. The lowest BCUT2D eigenvalue weighted by Gasteiger charge is -2.16. The molecular formula is C8H5ClF4. The standard InChI is InChI=1S/C8H5ClF4/c9-6-4-2-1-3-5(6)8(12,13)7(10)11/h1-4,7H. The highest BCUT2D eigenvalue weighted by Crippen LogP contribution is 2.37. The lowest BCUT2D eigenvalue weighted by Crippen LogP contribution is -2.23. The van der Waals surface area contributed by atoms with Crippen LogP contribution in [0, 0.1) is 0 Å². The first-order valence-electron chi connectivity index (χ1n) is 3.37. The van der Waals surface area contributed by atoms with Gasteiger partial charge in [0.15, 0.2) is 0 Å². The summed E-state index contributed by atoms with van der Waals surface area (Å²) >= 11 is 5.34. The maximum atomic E-state index is 12.7. The summed E-state index contributed by atoms with van der Waals surface area (Å²) < 4.78 is 49.1. The first-order chi connectivity index (χ1) is 5.96. The summed E-state index contributed by atoms with van der Waals surface area (Å²) in [6, 6.07) is 4.66. The van der Waals surface area contributed by atoms with Crippen molar-refractivity contribution in [1.29, 1.82) is 0 Å². The van der Waals surface area contributed by atoms with Gasteiger partial charge in [0.25, 0.3) is 0 Å². The minimum atomic E-state index is -4.18. The van der Waals surface area contributed by atoms with Crippen molar-refractivity contribution >= 4 is 11.6 Å². The fraction of sp³-hybridized carbons (Fsp3) is 0.250. The molecule has 1 aromatic carbocycles. The Morgan fingerprint density at radius 2 is 1.69 bits per heavy atom. The predicted molar refractivity (Wildman–Crippen MR) is 41.4 cm³/mol. The lowest BCUT2D eigenvalue weighted by atomic mass is 10.1. The Hall–Kier alpha value is -0.770. The number of hydrogen-bond acceptors (Lipinski definition) is 0. The molecular weight excluding hydrogens is 208 g/mol. The minimum Gasteiger partial charge on any atom is -0.203 e. The maximum absolute atomic E-state index is 12.7. The summed E-state index contributed by atoms with van der Waals surface area (Å²) in [5.41, 5.74) is -0.841. The van der Waals surface area contributed by atoms with Crippen molar-refractivity contribution < 1.29 is 17.6 Å². The van der Waals surface area contributed by atoms with Crippen LogP contribution in [0.3, 0.4) is 0 Å². The summed E-state index contributed by atoms with van der Waals surface area (Å²) in [4.78, 5) is 0. The normalized spacial score (nSPS) is 12.2. The van der Waals surface area contributed by atoms with E-state index < -0.39 is 17.9 Å². The third-order valence-electron chi connectivity index (χ3n) is 1.51. The van der Waals surface area contributed by atoms with Crippen LogP contribution in [-0.2, 0) is 5.92 Å². The molecule has 0 saturated heterocycles. The Labute approximate surface area is 77.1 Å². The molecule has 0 bridgehead atoms. The van der Waals surface area contributed by atoms with Crippen molar-refractivity contribution in [1.82, 2.24) is 0 Å². The highest BCUT2D eigenvalue weighted by Gasteiger charge is 2.43. The van der Waals surface area contributed by atoms with Gasteiger partial charge in [-0.15, -0.1) is 0 Å². The molecule has 0 aromatic heterocycles. The van der Waals surface area contributed by atoms with Crippen LogP contribution < -0.4 is 0 Å². The zero-order chi connectivity index (χ0) is 10.1. The highest BCUT2D eigenvalue weighted by molar-refractivity contribution is 6.31. The van der Waals surface area contributed by atoms with E-state index >= 15 is 0 Å². The Balaban J connectivity index is 3.14. The molecule has 0 spiro atoms. The third kappa shape index (κ3) is 1.94. The van der Waals surface area contributed by atoms with Crippen molar-refractivity contribution in [3.8, 4) is 0 Å². The van der Waals surface area contributed by atoms with Gasteiger partial charge in [-0.1, -0.05) is 29.8 Å². The van der Waals surface area contributed by atoms with Gasteiger partial charge in [-0.2, -0.15) is 8.78 Å². The second kappa shape index (κ2) is 3.54. The summed E-state index contributed by atoms with van der Waals surface area (Å²) in [6.45, 7) is 0. The number of rotatable bonds is 2. The van der Waals surface area contributed by atoms with Gasteiger partial charge in [-0.3, -0.25) is 0 Å². The van der Waals surface area contributed by atoms with Crippen LogP contribution in [0.15, 0.2) is 24.3 Å². The van der Waals surface area contributed by atoms with E-state index in [1.807, 2.05) is 0 Å². The van der Waals surface area contributed by atoms with E-state index in [0.717, 1.165) is 12.1 Å². The second-order valence-electron chi connectivity index (χ2n) is 2.40. The van der Waals surface area contributed by atoms with Crippen LogP contribution in [0.5, 0.6) is 0 Å². The summed E-state index contributed by atoms with van der Waals surface area (Å²) in [5, 5.41) is -0.354. The SMILES string of the molecule is FC(F)C(F)(F)c1ccccc1Cl. The Kier molecular flexibility index (Phi) is 2.81. The van der Waals surface area contributed by atoms with Crippen molar-refractivity contribution in [3.05, 3.63) is 34.9 Å². The van der Waals surface area contributed by atoms with E-state index in [1.54, 1.807) is 0 Å². The quantitative estimate of drug-likeness (QED) is 0.656. The van der Waals surface area contributed by atoms with Gasteiger partial charge < -0.3 is 0 Å². The number of halogens is 5. The van der Waals surface area contributed by atoms with Crippen molar-refractivity contribution in [2.24, 2.45) is 0 Å². The molecule has 0 heterocycles. The average Bonchev–Trinajstić information content (AvgIpc) is 2.04. The van der Waals surface area contributed by atoms with Crippen LogP contribution >= 0.6 is 11.6 Å². The van der Waals surface area contributed by atoms with Gasteiger partial charge in [0.1, 0.15) is 0 Å². The molecule has 0 unspecified atom stereocenters. The molecule has 0 saturated carbocycles. The molecule has 0 amide bonds. The number of hydrogen-bond donors (Lipinski definition) is 0. The first-order valence-corrected chi connectivity index (χ1v) is 3.75. The topological polar surface area (TPSA) is 0 Å². The molecule has 1 rings (SSSR count). The fourth-order valence-electron chi connectivity index (χ4n) is 0.849. The summed E-state index contributed by atoms with van der Waals surface area (Å²) in [5.74, 6) is -4.18. The van der Waals surface area contributed by atoms with Crippen LogP contribution in [0.2, 0.25) is 5.02 Å². The van der Waals surface area contributed by atoms with E-state index in [-0.39, 0.29) is 5.02 Å². The molecule has 0 atom stereocenters. The van der Waals surface area contributed by atoms with Gasteiger partial charge in [0.05, 0.1) is 0 Å². The maximum Gasteiger partial charge on any atom is 0.334 e. The van der Waals surface area contributed by atoms with Gasteiger partial charge in [-0.25, -0.2) is 8.78 Å². The monoisotopic (exact) mass is 212 g/mol. The van der Waals surface area contributed by atoms with Crippen LogP contribution in [0.1, 0.15) is 5.56 Å². The molecule has 72 valence electrons. The van der Waals surface area contributed by atoms with Crippen LogP contribution in [0.25, 0.3) is 0 Å². The van der Waals surface area contributed by atoms with E-state index in [1.165, 1.54) is 12.1 Å². The van der Waals surface area contributed by atoms with Crippen LogP contribution in [0.4, 0.5) is 17.6 Å². The zero-order valence-electron chi connectivity index (χ0n) is 6.28. The summed E-state index contributed by atoms with van der Waals surface area (Å²) in [6.07, 6.45) is -3.74. The van der Waals surface area contributed by atoms with E-state index in [0.29, 0.717) is 0 Å². The zero-order valence-corrected chi connectivity index (χ0v) is 7.03. The molecule has 0 nitrogen and oxygen atoms in total. The van der Waals surface area contributed by atoms with Gasteiger partial charge in [0.2, 0.25) is 0 Å². The molecule has 0 aliphatic rings. The van der Waals surface area contributed by atoms with Crippen molar-refractivity contribution in [3.63, 3.8) is 0 Å². The fourth-order valence-corrected chi connectivity index (χ4v) is 1.11. The largest absolute Gasteiger partial charge is 0.334 e. The molecule has 0 radical (unpaired) electrons. The molecule has 0 aliphatic heterocycles. The first kappa shape index (κ1) is 10.3. The van der Waals surface area contributed by atoms with Gasteiger partial charge >= 0.3 is 12.3 Å². The van der Waals surface area contributed by atoms with E-state index in [9.17, 15) is 17.6 Å². The van der Waals surface area contributed by atoms with E-state index in [2.05, 4.69) is 0 Å². The van der Waals surface area contributed by atoms with Crippen LogP contribution in [-0.4, -0.2) is 6.43 Å². The molecule has 5 heteroatoms. The lowest BCUT2D eigenvalue weighted by molar-refractivity contribution is -0.135. The molecule has 0 aliphatic carbocycles. The van der Waals surface area contributed by atoms with Gasteiger partial charge in [-0.05, 0) is 6.07 Å². The molecule has 0 fully saturated rings. The van der Waals surface area contributed by atoms with Crippen molar-refractivity contribution in [2.75, 3.05) is 0 Å². The molecule has 0 N–H and O–H groups in total. The Bertz CT molecular complexity index is 298. The average molecular weight is 213 g/mol. The highest BCUT2D eigenvalue weighted by atomic mass is 35.5. The van der Waals surface area contributed by atoms with Gasteiger partial charge in [0, 0.05) is 10.6 Å². The smallest absolute Gasteiger partial charge is 0.203 e. The number of alkyl halides is 4. The Morgan fingerprint density at radius 3 is 2.15 bits per heavy atom. The molecule has 1 aromatic rings. The van der Waals surface area contributed by atoms with E-state index in [4.69, 9.17) is 11.6 Å². The summed E-state index contributed by atoms with van der Waals surface area (Å²) in [7, 11) is 0. The molecule has 13 heavy (non-hydrogen) atoms. The predicted octanol–water partition coefficient (Wildman–Crippen LogP) is 3.70. The minimum absolute atomic E-state index is 0.354. The Morgan fingerprint density at radius 1 is 1.15 bits per heavy atom. The third-order valence-corrected chi connectivity index (χ3v) is 1.84. The van der Waals surface area contributed by atoms with Crippen molar-refractivity contribution in [2.45, 2.75) is 12.3 Å². The second-order valence-corrected chi connectivity index (χ2v) is 2.81.